The maximum Gasteiger partial charge on any atom is 0.0948 e. The van der Waals surface area contributed by atoms with Gasteiger partial charge in [-0.2, -0.15) is 5.26 Å². The third-order valence-electron chi connectivity index (χ3n) is 1.67. The summed E-state index contributed by atoms with van der Waals surface area (Å²) in [6, 6.07) is 11.7. The van der Waals surface area contributed by atoms with Crippen molar-refractivity contribution in [2.45, 2.75) is 6.42 Å². The lowest BCUT2D eigenvalue weighted by molar-refractivity contribution is 0.301. The summed E-state index contributed by atoms with van der Waals surface area (Å²) >= 11 is 0. The predicted molar refractivity (Wildman–Crippen MR) is 51.7 cm³/mol. The van der Waals surface area contributed by atoms with Crippen molar-refractivity contribution >= 4 is 6.08 Å². The van der Waals surface area contributed by atoms with Crippen LogP contribution in [0.15, 0.2) is 35.9 Å². The van der Waals surface area contributed by atoms with E-state index < -0.39 is 0 Å². The Labute approximate surface area is 77.8 Å². The van der Waals surface area contributed by atoms with E-state index in [1.165, 1.54) is 0 Å². The summed E-state index contributed by atoms with van der Waals surface area (Å²) in [5.74, 6) is 0. The van der Waals surface area contributed by atoms with Crippen LogP contribution in [0.2, 0.25) is 0 Å². The molecule has 1 aromatic rings. The van der Waals surface area contributed by atoms with E-state index in [0.717, 1.165) is 5.56 Å². The molecular formula is C11H11NO. The van der Waals surface area contributed by atoms with Crippen molar-refractivity contribution in [2.24, 2.45) is 0 Å². The van der Waals surface area contributed by atoms with Gasteiger partial charge in [-0.05, 0) is 11.6 Å². The second-order valence-corrected chi connectivity index (χ2v) is 2.67. The number of nitrogens with zero attached hydrogens (tertiary/aromatic N) is 1. The molecule has 0 aliphatic heterocycles. The van der Waals surface area contributed by atoms with Gasteiger partial charge in [0.2, 0.25) is 0 Å². The third-order valence-corrected chi connectivity index (χ3v) is 1.67. The molecule has 0 bridgehead atoms. The minimum atomic E-state index is 0.0201. The Balaban J connectivity index is 2.81. The van der Waals surface area contributed by atoms with Gasteiger partial charge in [0.25, 0.3) is 0 Å². The van der Waals surface area contributed by atoms with Crippen LogP contribution in [0.1, 0.15) is 12.0 Å². The second kappa shape index (κ2) is 5.13. The largest absolute Gasteiger partial charge is 0.396 e. The van der Waals surface area contributed by atoms with Crippen molar-refractivity contribution in [1.82, 2.24) is 0 Å². The molecular weight excluding hydrogens is 162 g/mol. The van der Waals surface area contributed by atoms with Gasteiger partial charge in [-0.1, -0.05) is 30.3 Å². The van der Waals surface area contributed by atoms with Crippen LogP contribution in [0, 0.1) is 11.3 Å². The van der Waals surface area contributed by atoms with Crippen LogP contribution in [-0.4, -0.2) is 11.7 Å². The highest BCUT2D eigenvalue weighted by Crippen LogP contribution is 2.08. The Bertz CT molecular complexity index is 322. The highest BCUT2D eigenvalue weighted by molar-refractivity contribution is 5.56. The Morgan fingerprint density at radius 3 is 2.62 bits per heavy atom. The summed E-state index contributed by atoms with van der Waals surface area (Å²) in [5.41, 5.74) is 1.60. The molecule has 0 radical (unpaired) electrons. The normalized spacial score (nSPS) is 10.9. The van der Waals surface area contributed by atoms with Gasteiger partial charge in [-0.25, -0.2) is 0 Å². The quantitative estimate of drug-likeness (QED) is 0.710. The van der Waals surface area contributed by atoms with E-state index in [9.17, 15) is 0 Å². The monoisotopic (exact) mass is 173 g/mol. The molecule has 0 aliphatic carbocycles. The van der Waals surface area contributed by atoms with Crippen molar-refractivity contribution in [1.29, 1.82) is 5.26 Å². The van der Waals surface area contributed by atoms with E-state index in [1.807, 2.05) is 30.3 Å². The maximum absolute atomic E-state index is 8.69. The molecule has 66 valence electrons. The molecule has 0 fully saturated rings. The summed E-state index contributed by atoms with van der Waals surface area (Å²) in [6.45, 7) is 0.0201. The van der Waals surface area contributed by atoms with E-state index >= 15 is 0 Å². The zero-order chi connectivity index (χ0) is 9.52. The number of aliphatic hydroxyl groups is 1. The first-order valence-corrected chi connectivity index (χ1v) is 4.13. The molecule has 1 rings (SSSR count). The number of nitriles is 1. The van der Waals surface area contributed by atoms with Crippen LogP contribution < -0.4 is 0 Å². The molecule has 2 nitrogen and oxygen atoms in total. The van der Waals surface area contributed by atoms with Crippen LogP contribution in [0.25, 0.3) is 6.08 Å². The van der Waals surface area contributed by atoms with Crippen molar-refractivity contribution in [3.63, 3.8) is 0 Å². The lowest BCUT2D eigenvalue weighted by Gasteiger charge is -1.95. The fourth-order valence-electron chi connectivity index (χ4n) is 1.03. The van der Waals surface area contributed by atoms with Crippen LogP contribution in [0.4, 0.5) is 0 Å². The van der Waals surface area contributed by atoms with Crippen molar-refractivity contribution in [3.8, 4) is 6.07 Å². The van der Waals surface area contributed by atoms with Crippen molar-refractivity contribution < 1.29 is 5.11 Å². The van der Waals surface area contributed by atoms with E-state index in [4.69, 9.17) is 10.4 Å². The minimum Gasteiger partial charge on any atom is -0.396 e. The van der Waals surface area contributed by atoms with Gasteiger partial charge >= 0.3 is 0 Å². The van der Waals surface area contributed by atoms with Gasteiger partial charge in [0, 0.05) is 18.6 Å². The highest BCUT2D eigenvalue weighted by Gasteiger charge is 1.94. The third kappa shape index (κ3) is 3.10. The molecule has 2 heteroatoms. The molecule has 0 amide bonds. The number of benzene rings is 1. The Hall–Kier alpha value is -1.59. The van der Waals surface area contributed by atoms with E-state index in [2.05, 4.69) is 6.07 Å². The molecule has 0 aromatic heterocycles. The van der Waals surface area contributed by atoms with Crippen molar-refractivity contribution in [3.05, 3.63) is 41.5 Å². The standard InChI is InChI=1S/C11H11NO/c12-9-11(6-7-13)8-10-4-2-1-3-5-10/h1-5,8,13H,6-7H2/b11-8-. The average Bonchev–Trinajstić information content (AvgIpc) is 2.19. The molecule has 0 atom stereocenters. The average molecular weight is 173 g/mol. The van der Waals surface area contributed by atoms with Crippen LogP contribution in [0.3, 0.4) is 0 Å². The second-order valence-electron chi connectivity index (χ2n) is 2.67. The molecule has 1 aromatic carbocycles. The topological polar surface area (TPSA) is 44.0 Å². The number of rotatable bonds is 3. The SMILES string of the molecule is N#C/C(=C\c1ccccc1)CCO. The van der Waals surface area contributed by atoms with Gasteiger partial charge in [-0.15, -0.1) is 0 Å². The van der Waals surface area contributed by atoms with Gasteiger partial charge < -0.3 is 5.11 Å². The Kier molecular flexibility index (Phi) is 3.74. The summed E-state index contributed by atoms with van der Waals surface area (Å²) in [6.07, 6.45) is 2.21. The molecule has 0 unspecified atom stereocenters. The van der Waals surface area contributed by atoms with Gasteiger partial charge in [0.1, 0.15) is 0 Å². The molecule has 1 N–H and O–H groups in total. The van der Waals surface area contributed by atoms with Crippen LogP contribution in [-0.2, 0) is 0 Å². The smallest absolute Gasteiger partial charge is 0.0948 e. The zero-order valence-electron chi connectivity index (χ0n) is 7.27. The summed E-state index contributed by atoms with van der Waals surface area (Å²) in [4.78, 5) is 0. The van der Waals surface area contributed by atoms with Crippen LogP contribution in [0.5, 0.6) is 0 Å². The van der Waals surface area contributed by atoms with E-state index in [1.54, 1.807) is 6.08 Å². The fourth-order valence-corrected chi connectivity index (χ4v) is 1.03. The Morgan fingerprint density at radius 2 is 2.08 bits per heavy atom. The maximum atomic E-state index is 8.69. The van der Waals surface area contributed by atoms with Gasteiger partial charge in [0.05, 0.1) is 6.07 Å². The number of hydrogen-bond acceptors (Lipinski definition) is 2. The number of aliphatic hydroxyl groups excluding tert-OH is 1. The molecule has 0 spiro atoms. The first-order chi connectivity index (χ1) is 6.36. The molecule has 0 saturated heterocycles. The number of hydrogen-bond donors (Lipinski definition) is 1. The Morgan fingerprint density at radius 1 is 1.38 bits per heavy atom. The fraction of sp³-hybridized carbons (Fsp3) is 0.182. The highest BCUT2D eigenvalue weighted by atomic mass is 16.2. The van der Waals surface area contributed by atoms with E-state index in [-0.39, 0.29) is 6.61 Å². The van der Waals surface area contributed by atoms with Crippen LogP contribution >= 0.6 is 0 Å². The summed E-state index contributed by atoms with van der Waals surface area (Å²) < 4.78 is 0. The predicted octanol–water partition coefficient (Wildman–Crippen LogP) is 1.98. The van der Waals surface area contributed by atoms with E-state index in [0.29, 0.717) is 12.0 Å². The lowest BCUT2D eigenvalue weighted by Crippen LogP contribution is -1.85. The molecule has 13 heavy (non-hydrogen) atoms. The summed E-state index contributed by atoms with van der Waals surface area (Å²) in [5, 5.41) is 17.3. The van der Waals surface area contributed by atoms with Gasteiger partial charge in [0.15, 0.2) is 0 Å². The molecule has 0 heterocycles. The molecule has 0 aliphatic rings. The minimum absolute atomic E-state index is 0.0201. The van der Waals surface area contributed by atoms with Gasteiger partial charge in [-0.3, -0.25) is 0 Å². The van der Waals surface area contributed by atoms with Crippen molar-refractivity contribution in [2.75, 3.05) is 6.61 Å². The summed E-state index contributed by atoms with van der Waals surface area (Å²) in [7, 11) is 0. The first kappa shape index (κ1) is 9.50. The first-order valence-electron chi connectivity index (χ1n) is 4.13. The lowest BCUT2D eigenvalue weighted by atomic mass is 10.1. The molecule has 0 saturated carbocycles. The zero-order valence-corrected chi connectivity index (χ0v) is 7.27.